The number of fused-ring (bicyclic) bond motifs is 1. The van der Waals surface area contributed by atoms with Crippen LogP contribution in [0, 0.1) is 0 Å². The van der Waals surface area contributed by atoms with Crippen LogP contribution >= 0.6 is 0 Å². The summed E-state index contributed by atoms with van der Waals surface area (Å²) in [6, 6.07) is 10.3. The SMILES string of the molecule is CCN(Cc1ccno1)Cc1c[nH]c2ccccc12. The number of H-pyrrole nitrogens is 1. The molecule has 4 nitrogen and oxygen atoms in total. The minimum atomic E-state index is 0.788. The summed E-state index contributed by atoms with van der Waals surface area (Å²) in [6.07, 6.45) is 3.78. The lowest BCUT2D eigenvalue weighted by atomic mass is 10.1. The van der Waals surface area contributed by atoms with Crippen LogP contribution in [0.25, 0.3) is 10.9 Å². The van der Waals surface area contributed by atoms with E-state index in [1.165, 1.54) is 16.5 Å². The Hall–Kier alpha value is -2.07. The van der Waals surface area contributed by atoms with E-state index in [9.17, 15) is 0 Å². The molecule has 0 aliphatic rings. The molecule has 0 aliphatic carbocycles. The number of nitrogens with one attached hydrogen (secondary N) is 1. The Morgan fingerprint density at radius 2 is 2.11 bits per heavy atom. The highest BCUT2D eigenvalue weighted by Gasteiger charge is 2.10. The average molecular weight is 255 g/mol. The van der Waals surface area contributed by atoms with Gasteiger partial charge < -0.3 is 9.51 Å². The van der Waals surface area contributed by atoms with Gasteiger partial charge in [0.1, 0.15) is 0 Å². The van der Waals surface area contributed by atoms with Crippen molar-refractivity contribution in [1.29, 1.82) is 0 Å². The van der Waals surface area contributed by atoms with E-state index in [1.807, 2.05) is 6.07 Å². The van der Waals surface area contributed by atoms with Crippen molar-refractivity contribution in [1.82, 2.24) is 15.0 Å². The van der Waals surface area contributed by atoms with Crippen molar-refractivity contribution in [3.63, 3.8) is 0 Å². The van der Waals surface area contributed by atoms with Crippen molar-refractivity contribution in [2.45, 2.75) is 20.0 Å². The third kappa shape index (κ3) is 2.53. The smallest absolute Gasteiger partial charge is 0.150 e. The third-order valence-electron chi connectivity index (χ3n) is 3.39. The van der Waals surface area contributed by atoms with E-state index in [0.29, 0.717) is 0 Å². The van der Waals surface area contributed by atoms with Crippen molar-refractivity contribution < 1.29 is 4.52 Å². The molecule has 1 aromatic carbocycles. The molecule has 2 heterocycles. The van der Waals surface area contributed by atoms with Crippen LogP contribution in [0.1, 0.15) is 18.2 Å². The maximum Gasteiger partial charge on any atom is 0.150 e. The second-order valence-electron chi connectivity index (χ2n) is 4.64. The van der Waals surface area contributed by atoms with E-state index in [0.717, 1.165) is 25.4 Å². The van der Waals surface area contributed by atoms with Gasteiger partial charge in [-0.05, 0) is 18.2 Å². The van der Waals surface area contributed by atoms with E-state index in [2.05, 4.69) is 52.4 Å². The fraction of sp³-hybridized carbons (Fsp3) is 0.267. The Labute approximate surface area is 112 Å². The number of aromatic amines is 1. The molecule has 0 saturated heterocycles. The first-order chi connectivity index (χ1) is 9.36. The molecule has 0 aliphatic heterocycles. The van der Waals surface area contributed by atoms with E-state index in [-0.39, 0.29) is 0 Å². The molecule has 0 spiro atoms. The lowest BCUT2D eigenvalue weighted by Gasteiger charge is -2.18. The molecule has 4 heteroatoms. The van der Waals surface area contributed by atoms with Gasteiger partial charge in [-0.3, -0.25) is 4.90 Å². The van der Waals surface area contributed by atoms with Crippen molar-refractivity contribution in [2.24, 2.45) is 0 Å². The van der Waals surface area contributed by atoms with Crippen LogP contribution in [0.4, 0.5) is 0 Å². The monoisotopic (exact) mass is 255 g/mol. The number of rotatable bonds is 5. The predicted octanol–water partition coefficient (Wildman–Crippen LogP) is 3.18. The topological polar surface area (TPSA) is 45.1 Å². The molecule has 98 valence electrons. The molecule has 0 atom stereocenters. The van der Waals surface area contributed by atoms with Gasteiger partial charge in [-0.2, -0.15) is 0 Å². The zero-order valence-corrected chi connectivity index (χ0v) is 11.0. The highest BCUT2D eigenvalue weighted by Crippen LogP contribution is 2.20. The first-order valence-electron chi connectivity index (χ1n) is 6.53. The van der Waals surface area contributed by atoms with Crippen molar-refractivity contribution in [3.8, 4) is 0 Å². The predicted molar refractivity (Wildman–Crippen MR) is 74.6 cm³/mol. The van der Waals surface area contributed by atoms with Gasteiger partial charge in [-0.1, -0.05) is 30.3 Å². The van der Waals surface area contributed by atoms with Gasteiger partial charge in [0.05, 0.1) is 12.7 Å². The first-order valence-corrected chi connectivity index (χ1v) is 6.53. The van der Waals surface area contributed by atoms with Crippen molar-refractivity contribution in [3.05, 3.63) is 54.0 Å². The van der Waals surface area contributed by atoms with E-state index in [1.54, 1.807) is 6.20 Å². The van der Waals surface area contributed by atoms with Gasteiger partial charge in [0, 0.05) is 29.7 Å². The lowest BCUT2D eigenvalue weighted by Crippen LogP contribution is -2.21. The minimum Gasteiger partial charge on any atom is -0.361 e. The number of hydrogen-bond acceptors (Lipinski definition) is 3. The zero-order chi connectivity index (χ0) is 13.1. The Morgan fingerprint density at radius 3 is 2.89 bits per heavy atom. The Kier molecular flexibility index (Phi) is 3.33. The largest absolute Gasteiger partial charge is 0.361 e. The molecule has 3 rings (SSSR count). The van der Waals surface area contributed by atoms with Gasteiger partial charge in [-0.15, -0.1) is 0 Å². The van der Waals surface area contributed by atoms with Crippen LogP contribution in [-0.4, -0.2) is 21.6 Å². The summed E-state index contributed by atoms with van der Waals surface area (Å²) in [5, 5.41) is 5.04. The summed E-state index contributed by atoms with van der Waals surface area (Å²) in [6.45, 7) is 4.82. The van der Waals surface area contributed by atoms with Gasteiger partial charge >= 0.3 is 0 Å². The molecule has 0 unspecified atom stereocenters. The zero-order valence-electron chi connectivity index (χ0n) is 11.0. The summed E-state index contributed by atoms with van der Waals surface area (Å²) < 4.78 is 5.17. The van der Waals surface area contributed by atoms with Gasteiger partial charge in [0.15, 0.2) is 5.76 Å². The molecule has 1 N–H and O–H groups in total. The summed E-state index contributed by atoms with van der Waals surface area (Å²) in [5.74, 6) is 0.904. The summed E-state index contributed by atoms with van der Waals surface area (Å²) >= 11 is 0. The molecule has 0 amide bonds. The molecule has 0 saturated carbocycles. The van der Waals surface area contributed by atoms with Gasteiger partial charge in [0.2, 0.25) is 0 Å². The third-order valence-corrected chi connectivity index (χ3v) is 3.39. The highest BCUT2D eigenvalue weighted by molar-refractivity contribution is 5.82. The second-order valence-corrected chi connectivity index (χ2v) is 4.64. The molecule has 19 heavy (non-hydrogen) atoms. The fourth-order valence-corrected chi connectivity index (χ4v) is 2.33. The maximum absolute atomic E-state index is 5.17. The van der Waals surface area contributed by atoms with E-state index in [4.69, 9.17) is 4.52 Å². The van der Waals surface area contributed by atoms with Gasteiger partial charge in [0.25, 0.3) is 0 Å². The van der Waals surface area contributed by atoms with Gasteiger partial charge in [-0.25, -0.2) is 0 Å². The molecule has 2 aromatic heterocycles. The second kappa shape index (κ2) is 5.28. The fourth-order valence-electron chi connectivity index (χ4n) is 2.33. The highest BCUT2D eigenvalue weighted by atomic mass is 16.5. The quantitative estimate of drug-likeness (QED) is 0.761. The van der Waals surface area contributed by atoms with Crippen LogP contribution in [-0.2, 0) is 13.1 Å². The normalized spacial score (nSPS) is 11.5. The average Bonchev–Trinajstić information content (AvgIpc) is 3.08. The van der Waals surface area contributed by atoms with Crippen LogP contribution in [0.15, 0.2) is 47.2 Å². The summed E-state index contributed by atoms with van der Waals surface area (Å²) in [5.41, 5.74) is 2.50. The molecule has 3 aromatic rings. The van der Waals surface area contributed by atoms with Crippen molar-refractivity contribution >= 4 is 10.9 Å². The minimum absolute atomic E-state index is 0.788. The number of nitrogens with zero attached hydrogens (tertiary/aromatic N) is 2. The number of benzene rings is 1. The maximum atomic E-state index is 5.17. The molecule has 0 radical (unpaired) electrons. The number of para-hydroxylation sites is 1. The molecular formula is C15H17N3O. The summed E-state index contributed by atoms with van der Waals surface area (Å²) in [4.78, 5) is 5.64. The van der Waals surface area contributed by atoms with Crippen molar-refractivity contribution in [2.75, 3.05) is 6.54 Å². The lowest BCUT2D eigenvalue weighted by molar-refractivity contribution is 0.234. The molecule has 0 fully saturated rings. The van der Waals surface area contributed by atoms with Crippen LogP contribution in [0.2, 0.25) is 0 Å². The Bertz CT molecular complexity index is 642. The number of aromatic nitrogens is 2. The number of hydrogen-bond donors (Lipinski definition) is 1. The molecule has 0 bridgehead atoms. The standard InChI is InChI=1S/C15H17N3O/c1-2-18(11-13-7-8-17-19-13)10-12-9-16-15-6-4-3-5-14(12)15/h3-9,16H,2,10-11H2,1H3. The van der Waals surface area contributed by atoms with Crippen LogP contribution in [0.5, 0.6) is 0 Å². The molecular weight excluding hydrogens is 238 g/mol. The first kappa shape index (κ1) is 12.0. The summed E-state index contributed by atoms with van der Waals surface area (Å²) in [7, 11) is 0. The van der Waals surface area contributed by atoms with E-state index >= 15 is 0 Å². The van der Waals surface area contributed by atoms with E-state index < -0.39 is 0 Å². The van der Waals surface area contributed by atoms with Crippen LogP contribution < -0.4 is 0 Å². The Morgan fingerprint density at radius 1 is 1.21 bits per heavy atom. The Balaban J connectivity index is 1.78. The van der Waals surface area contributed by atoms with Crippen LogP contribution in [0.3, 0.4) is 0 Å².